The van der Waals surface area contributed by atoms with Gasteiger partial charge in [0, 0.05) is 0 Å². The number of aliphatic hydroxyl groups is 1. The van der Waals surface area contributed by atoms with E-state index in [-0.39, 0.29) is 16.6 Å². The Morgan fingerprint density at radius 1 is 1.12 bits per heavy atom. The molecule has 0 aliphatic heterocycles. The molecule has 25 heavy (non-hydrogen) atoms. The quantitative estimate of drug-likeness (QED) is 0.710. The second-order valence-electron chi connectivity index (χ2n) is 9.96. The van der Waals surface area contributed by atoms with Crippen LogP contribution < -0.4 is 0 Å². The maximum atomic E-state index is 12.5. The molecule has 0 spiro atoms. The maximum absolute atomic E-state index is 12.5. The summed E-state index contributed by atoms with van der Waals surface area (Å²) in [6, 6.07) is 2.28. The summed E-state index contributed by atoms with van der Waals surface area (Å²) in [5.74, 6) is 1.37. The Bertz CT molecular complexity index is 699. The van der Waals surface area contributed by atoms with E-state index in [1.165, 1.54) is 5.57 Å². The SMILES string of the molecule is CC1=C2CC[C@@H]3[C@@H](CC[C@@]4(C)[C@H]3CCC4(C)O)[C@@]2(C)CC(C#N)C1=O. The molecule has 1 N–H and O–H groups in total. The summed E-state index contributed by atoms with van der Waals surface area (Å²) in [5.41, 5.74) is 1.70. The highest BCUT2D eigenvalue weighted by Crippen LogP contribution is 2.68. The highest BCUT2D eigenvalue weighted by molar-refractivity contribution is 6.00. The van der Waals surface area contributed by atoms with E-state index in [1.807, 2.05) is 13.8 Å². The highest BCUT2D eigenvalue weighted by Gasteiger charge is 2.63. The highest BCUT2D eigenvalue weighted by atomic mass is 16.3. The standard InChI is InChI=1S/C22H31NO2/c1-13-16-6-5-15-17(20(16,2)11-14(12-23)19(13)24)7-9-21(3)18(15)8-10-22(21,4)25/h14-15,17-18,25H,5-11H2,1-4H3/t14?,15-,17-,18+,20+,21+,22?/m1/s1. The van der Waals surface area contributed by atoms with Gasteiger partial charge in [-0.15, -0.1) is 0 Å². The van der Waals surface area contributed by atoms with Crippen LogP contribution in [0.5, 0.6) is 0 Å². The van der Waals surface area contributed by atoms with Gasteiger partial charge >= 0.3 is 0 Å². The summed E-state index contributed by atoms with van der Waals surface area (Å²) < 4.78 is 0. The fourth-order valence-electron chi connectivity index (χ4n) is 7.47. The van der Waals surface area contributed by atoms with Gasteiger partial charge in [-0.05, 0) is 93.0 Å². The number of ketones is 1. The van der Waals surface area contributed by atoms with Gasteiger partial charge in [-0.1, -0.05) is 19.4 Å². The van der Waals surface area contributed by atoms with E-state index in [0.29, 0.717) is 24.2 Å². The molecule has 3 saturated carbocycles. The van der Waals surface area contributed by atoms with Crippen molar-refractivity contribution in [3.05, 3.63) is 11.1 Å². The molecule has 0 saturated heterocycles. The van der Waals surface area contributed by atoms with Gasteiger partial charge in [0.1, 0.15) is 5.92 Å². The van der Waals surface area contributed by atoms with E-state index in [1.54, 1.807) is 0 Å². The maximum Gasteiger partial charge on any atom is 0.175 e. The molecule has 7 atom stereocenters. The zero-order valence-electron chi connectivity index (χ0n) is 16.1. The average molecular weight is 341 g/mol. The largest absolute Gasteiger partial charge is 0.390 e. The third-order valence-electron chi connectivity index (χ3n) is 9.16. The molecule has 3 heteroatoms. The Hall–Kier alpha value is -1.14. The van der Waals surface area contributed by atoms with Crippen LogP contribution in [0, 0.1) is 45.8 Å². The molecule has 0 amide bonds. The molecule has 3 nitrogen and oxygen atoms in total. The first-order valence-corrected chi connectivity index (χ1v) is 10.0. The number of allylic oxidation sites excluding steroid dienone is 1. The van der Waals surface area contributed by atoms with Crippen LogP contribution in [0.25, 0.3) is 0 Å². The minimum absolute atomic E-state index is 0.00289. The lowest BCUT2D eigenvalue weighted by Crippen LogP contribution is -2.54. The lowest BCUT2D eigenvalue weighted by atomic mass is 9.45. The van der Waals surface area contributed by atoms with Crippen molar-refractivity contribution in [1.29, 1.82) is 5.26 Å². The number of carbonyl (C=O) groups is 1. The van der Waals surface area contributed by atoms with E-state index in [9.17, 15) is 15.2 Å². The van der Waals surface area contributed by atoms with Crippen LogP contribution in [0.3, 0.4) is 0 Å². The van der Waals surface area contributed by atoms with Crippen LogP contribution in [0.1, 0.15) is 72.6 Å². The zero-order chi connectivity index (χ0) is 18.2. The topological polar surface area (TPSA) is 61.1 Å². The average Bonchev–Trinajstić information content (AvgIpc) is 2.81. The summed E-state index contributed by atoms with van der Waals surface area (Å²) in [6.07, 6.45) is 7.08. The Labute approximate surface area is 151 Å². The number of fused-ring (bicyclic) bond motifs is 5. The summed E-state index contributed by atoms with van der Waals surface area (Å²) in [5, 5.41) is 20.5. The van der Waals surface area contributed by atoms with Gasteiger partial charge in [0.2, 0.25) is 0 Å². The van der Waals surface area contributed by atoms with E-state index in [2.05, 4.69) is 19.9 Å². The molecule has 0 radical (unpaired) electrons. The van der Waals surface area contributed by atoms with E-state index >= 15 is 0 Å². The normalized spacial score (nSPS) is 52.2. The molecule has 4 rings (SSSR count). The summed E-state index contributed by atoms with van der Waals surface area (Å²) in [6.45, 7) is 8.63. The van der Waals surface area contributed by atoms with Crippen molar-refractivity contribution >= 4 is 5.78 Å². The molecule has 0 heterocycles. The second kappa shape index (κ2) is 5.19. The Balaban J connectivity index is 1.74. The van der Waals surface area contributed by atoms with Crippen LogP contribution in [-0.2, 0) is 4.79 Å². The smallest absolute Gasteiger partial charge is 0.175 e. The van der Waals surface area contributed by atoms with E-state index in [0.717, 1.165) is 44.1 Å². The minimum atomic E-state index is -0.548. The molecule has 0 aromatic carbocycles. The third kappa shape index (κ3) is 2.04. The molecule has 4 aliphatic carbocycles. The van der Waals surface area contributed by atoms with Crippen molar-refractivity contribution in [3.8, 4) is 6.07 Å². The molecule has 4 aliphatic rings. The van der Waals surface area contributed by atoms with Crippen molar-refractivity contribution in [2.75, 3.05) is 0 Å². The lowest BCUT2D eigenvalue weighted by Gasteiger charge is -2.59. The van der Waals surface area contributed by atoms with Gasteiger partial charge in [0.25, 0.3) is 0 Å². The third-order valence-corrected chi connectivity index (χ3v) is 9.16. The summed E-state index contributed by atoms with van der Waals surface area (Å²) >= 11 is 0. The van der Waals surface area contributed by atoms with Crippen LogP contribution >= 0.6 is 0 Å². The van der Waals surface area contributed by atoms with Crippen molar-refractivity contribution in [3.63, 3.8) is 0 Å². The predicted octanol–water partition coefficient (Wildman–Crippen LogP) is 4.41. The number of hydrogen-bond acceptors (Lipinski definition) is 3. The van der Waals surface area contributed by atoms with Crippen LogP contribution in [0.2, 0.25) is 0 Å². The predicted molar refractivity (Wildman–Crippen MR) is 96.4 cm³/mol. The lowest BCUT2D eigenvalue weighted by molar-refractivity contribution is -0.127. The first-order chi connectivity index (χ1) is 11.7. The number of rotatable bonds is 0. The fraction of sp³-hybridized carbons (Fsp3) is 0.818. The van der Waals surface area contributed by atoms with Crippen LogP contribution in [-0.4, -0.2) is 16.5 Å². The summed E-state index contributed by atoms with van der Waals surface area (Å²) in [4.78, 5) is 12.5. The molecular formula is C22H31NO2. The van der Waals surface area contributed by atoms with Crippen molar-refractivity contribution < 1.29 is 9.90 Å². The minimum Gasteiger partial charge on any atom is -0.390 e. The summed E-state index contributed by atoms with van der Waals surface area (Å²) in [7, 11) is 0. The van der Waals surface area contributed by atoms with Gasteiger partial charge in [-0.2, -0.15) is 5.26 Å². The van der Waals surface area contributed by atoms with E-state index in [4.69, 9.17) is 0 Å². The van der Waals surface area contributed by atoms with Gasteiger partial charge in [-0.3, -0.25) is 4.79 Å². The van der Waals surface area contributed by atoms with Crippen LogP contribution in [0.15, 0.2) is 11.1 Å². The number of nitriles is 1. The first-order valence-electron chi connectivity index (χ1n) is 10.0. The Kier molecular flexibility index (Phi) is 3.59. The monoisotopic (exact) mass is 341 g/mol. The van der Waals surface area contributed by atoms with Gasteiger partial charge in [0.15, 0.2) is 5.78 Å². The molecule has 0 aromatic rings. The number of nitrogens with zero attached hydrogens (tertiary/aromatic N) is 1. The Morgan fingerprint density at radius 2 is 1.80 bits per heavy atom. The molecule has 0 aromatic heterocycles. The van der Waals surface area contributed by atoms with Crippen molar-refractivity contribution in [2.45, 2.75) is 78.2 Å². The molecule has 136 valence electrons. The second-order valence-corrected chi connectivity index (χ2v) is 9.96. The first kappa shape index (κ1) is 17.3. The molecule has 2 unspecified atom stereocenters. The Morgan fingerprint density at radius 3 is 2.48 bits per heavy atom. The zero-order valence-corrected chi connectivity index (χ0v) is 16.1. The number of hydrogen-bond donors (Lipinski definition) is 1. The number of Topliss-reactive ketones (excluding diaryl/α,β-unsaturated/α-hetero) is 1. The van der Waals surface area contributed by atoms with Gasteiger partial charge < -0.3 is 5.11 Å². The van der Waals surface area contributed by atoms with E-state index < -0.39 is 11.5 Å². The van der Waals surface area contributed by atoms with Crippen molar-refractivity contribution in [2.24, 2.45) is 34.5 Å². The van der Waals surface area contributed by atoms with Gasteiger partial charge in [0.05, 0.1) is 11.7 Å². The fourth-order valence-corrected chi connectivity index (χ4v) is 7.47. The van der Waals surface area contributed by atoms with Crippen molar-refractivity contribution in [1.82, 2.24) is 0 Å². The number of carbonyl (C=O) groups excluding carboxylic acids is 1. The molecule has 0 bridgehead atoms. The molecule has 3 fully saturated rings. The van der Waals surface area contributed by atoms with Crippen LogP contribution in [0.4, 0.5) is 0 Å². The molecular weight excluding hydrogens is 310 g/mol. The van der Waals surface area contributed by atoms with Gasteiger partial charge in [-0.25, -0.2) is 0 Å².